The van der Waals surface area contributed by atoms with Crippen LogP contribution in [-0.4, -0.2) is 0 Å². The van der Waals surface area contributed by atoms with Crippen LogP contribution in [0.4, 0.5) is 8.78 Å². The van der Waals surface area contributed by atoms with Gasteiger partial charge in [-0.25, -0.2) is 8.78 Å². The van der Waals surface area contributed by atoms with Gasteiger partial charge < -0.3 is 0 Å². The Labute approximate surface area is 91.1 Å². The monoisotopic (exact) mass is 223 g/mol. The lowest BCUT2D eigenvalue weighted by molar-refractivity contribution is 0.616. The molecule has 0 fully saturated rings. The molecule has 0 spiro atoms. The van der Waals surface area contributed by atoms with Gasteiger partial charge in [-0.15, -0.1) is 0 Å². The van der Waals surface area contributed by atoms with E-state index in [2.05, 4.69) is 6.07 Å². The van der Waals surface area contributed by atoms with Gasteiger partial charge in [-0.1, -0.05) is 35.9 Å². The van der Waals surface area contributed by atoms with Crippen LogP contribution in [0.2, 0.25) is 5.02 Å². The van der Waals surface area contributed by atoms with Crippen molar-refractivity contribution in [2.45, 2.75) is 0 Å². The fourth-order valence-electron chi connectivity index (χ4n) is 1.34. The summed E-state index contributed by atoms with van der Waals surface area (Å²) in [7, 11) is 0. The minimum Gasteiger partial charge on any atom is -0.206 e. The van der Waals surface area contributed by atoms with Gasteiger partial charge in [0.05, 0.1) is 5.02 Å². The number of hydrogen-bond donors (Lipinski definition) is 0. The van der Waals surface area contributed by atoms with E-state index >= 15 is 0 Å². The van der Waals surface area contributed by atoms with Crippen LogP contribution in [0.15, 0.2) is 36.4 Å². The molecule has 0 saturated heterocycles. The molecule has 0 nitrogen and oxygen atoms in total. The Kier molecular flexibility index (Phi) is 2.69. The maximum absolute atomic E-state index is 13.6. The molecule has 1 radical (unpaired) electrons. The van der Waals surface area contributed by atoms with E-state index in [9.17, 15) is 8.78 Å². The van der Waals surface area contributed by atoms with Crippen molar-refractivity contribution in [1.29, 1.82) is 0 Å². The summed E-state index contributed by atoms with van der Waals surface area (Å²) in [5, 5.41) is -0.0141. The molecule has 3 heteroatoms. The van der Waals surface area contributed by atoms with Crippen LogP contribution < -0.4 is 0 Å². The smallest absolute Gasteiger partial charge is 0.149 e. The average Bonchev–Trinajstić information content (AvgIpc) is 2.23. The summed E-state index contributed by atoms with van der Waals surface area (Å²) in [4.78, 5) is 0. The molecule has 2 aromatic rings. The summed E-state index contributed by atoms with van der Waals surface area (Å²) in [5.41, 5.74) is 0.350. The average molecular weight is 224 g/mol. The van der Waals surface area contributed by atoms with E-state index in [1.54, 1.807) is 6.07 Å². The van der Waals surface area contributed by atoms with Gasteiger partial charge in [0.25, 0.3) is 0 Å². The maximum atomic E-state index is 13.6. The highest BCUT2D eigenvalue weighted by Crippen LogP contribution is 2.28. The third kappa shape index (κ3) is 1.85. The van der Waals surface area contributed by atoms with Crippen molar-refractivity contribution >= 4 is 11.6 Å². The number of benzene rings is 2. The lowest BCUT2D eigenvalue weighted by atomic mass is 10.0. The van der Waals surface area contributed by atoms with Gasteiger partial charge in [-0.05, 0) is 18.2 Å². The summed E-state index contributed by atoms with van der Waals surface area (Å²) < 4.78 is 26.9. The van der Waals surface area contributed by atoms with Gasteiger partial charge in [-0.3, -0.25) is 0 Å². The molecule has 75 valence electrons. The minimum absolute atomic E-state index is 0.0141. The molecule has 0 bridgehead atoms. The topological polar surface area (TPSA) is 0 Å². The molecule has 0 aliphatic carbocycles. The van der Waals surface area contributed by atoms with Crippen LogP contribution in [0.25, 0.3) is 11.1 Å². The van der Waals surface area contributed by atoms with Crippen LogP contribution >= 0.6 is 11.6 Å². The normalized spacial score (nSPS) is 10.3. The fraction of sp³-hybridized carbons (Fsp3) is 0. The number of rotatable bonds is 1. The molecule has 2 aromatic carbocycles. The molecule has 0 unspecified atom stereocenters. The van der Waals surface area contributed by atoms with Crippen molar-refractivity contribution in [3.8, 4) is 11.1 Å². The van der Waals surface area contributed by atoms with Gasteiger partial charge in [0, 0.05) is 11.1 Å². The third-order valence-electron chi connectivity index (χ3n) is 2.06. The van der Waals surface area contributed by atoms with E-state index in [1.807, 2.05) is 0 Å². The summed E-state index contributed by atoms with van der Waals surface area (Å²) in [6.45, 7) is 0. The molecule has 0 atom stereocenters. The Morgan fingerprint density at radius 3 is 2.60 bits per heavy atom. The second-order valence-corrected chi connectivity index (χ2v) is 3.41. The molecule has 0 aliphatic heterocycles. The first-order valence-corrected chi connectivity index (χ1v) is 4.68. The summed E-state index contributed by atoms with van der Waals surface area (Å²) in [5.74, 6) is -1.12. The highest BCUT2D eigenvalue weighted by Gasteiger charge is 2.11. The third-order valence-corrected chi connectivity index (χ3v) is 2.35. The molecule has 15 heavy (non-hydrogen) atoms. The number of halogens is 3. The van der Waals surface area contributed by atoms with E-state index in [-0.39, 0.29) is 16.1 Å². The van der Waals surface area contributed by atoms with E-state index < -0.39 is 11.6 Å². The molecule has 0 heterocycles. The first kappa shape index (κ1) is 10.1. The molecule has 0 saturated carbocycles. The van der Waals surface area contributed by atoms with Gasteiger partial charge in [0.2, 0.25) is 0 Å². The van der Waals surface area contributed by atoms with Gasteiger partial charge >= 0.3 is 0 Å². The van der Waals surface area contributed by atoms with E-state index in [0.29, 0.717) is 0 Å². The van der Waals surface area contributed by atoms with Crippen LogP contribution in [0.5, 0.6) is 0 Å². The first-order valence-electron chi connectivity index (χ1n) is 4.30. The Bertz CT molecular complexity index is 495. The number of hydrogen-bond acceptors (Lipinski definition) is 0. The van der Waals surface area contributed by atoms with Crippen molar-refractivity contribution in [1.82, 2.24) is 0 Å². The zero-order chi connectivity index (χ0) is 10.8. The largest absolute Gasteiger partial charge is 0.206 e. The molecule has 0 N–H and O–H groups in total. The van der Waals surface area contributed by atoms with E-state index in [0.717, 1.165) is 6.07 Å². The van der Waals surface area contributed by atoms with Crippen LogP contribution in [0.3, 0.4) is 0 Å². The Morgan fingerprint density at radius 2 is 1.87 bits per heavy atom. The molecule has 2 rings (SSSR count). The quantitative estimate of drug-likeness (QED) is 0.683. The second-order valence-electron chi connectivity index (χ2n) is 3.01. The second kappa shape index (κ2) is 3.99. The van der Waals surface area contributed by atoms with E-state index in [4.69, 9.17) is 11.6 Å². The predicted molar refractivity (Wildman–Crippen MR) is 55.6 cm³/mol. The molecular weight excluding hydrogens is 218 g/mol. The zero-order valence-electron chi connectivity index (χ0n) is 7.60. The van der Waals surface area contributed by atoms with Crippen molar-refractivity contribution < 1.29 is 8.78 Å². The lowest BCUT2D eigenvalue weighted by Gasteiger charge is -2.05. The lowest BCUT2D eigenvalue weighted by Crippen LogP contribution is -1.88. The summed E-state index contributed by atoms with van der Waals surface area (Å²) in [6, 6.07) is 11.2. The van der Waals surface area contributed by atoms with Crippen molar-refractivity contribution in [3.05, 3.63) is 59.1 Å². The SMILES string of the molecule is Fc1c[c]ccc1-c1cccc(Cl)c1F. The fourth-order valence-corrected chi connectivity index (χ4v) is 1.51. The predicted octanol–water partition coefficient (Wildman–Crippen LogP) is 4.09. The summed E-state index contributed by atoms with van der Waals surface area (Å²) >= 11 is 5.61. The zero-order valence-corrected chi connectivity index (χ0v) is 8.35. The van der Waals surface area contributed by atoms with Gasteiger partial charge in [-0.2, -0.15) is 0 Å². The molecular formula is C12H6ClF2. The van der Waals surface area contributed by atoms with Crippen LogP contribution in [0.1, 0.15) is 0 Å². The highest BCUT2D eigenvalue weighted by atomic mass is 35.5. The van der Waals surface area contributed by atoms with Crippen molar-refractivity contribution in [2.75, 3.05) is 0 Å². The van der Waals surface area contributed by atoms with Crippen LogP contribution in [-0.2, 0) is 0 Å². The van der Waals surface area contributed by atoms with Crippen LogP contribution in [0, 0.1) is 17.7 Å². The maximum Gasteiger partial charge on any atom is 0.149 e. The summed E-state index contributed by atoms with van der Waals surface area (Å²) in [6.07, 6.45) is 0. The first-order chi connectivity index (χ1) is 7.20. The molecule has 0 amide bonds. The minimum atomic E-state index is -0.607. The van der Waals surface area contributed by atoms with Gasteiger partial charge in [0.15, 0.2) is 0 Å². The van der Waals surface area contributed by atoms with Crippen molar-refractivity contribution in [3.63, 3.8) is 0 Å². The molecule has 0 aromatic heterocycles. The highest BCUT2D eigenvalue weighted by molar-refractivity contribution is 6.31. The van der Waals surface area contributed by atoms with Gasteiger partial charge in [0.1, 0.15) is 11.6 Å². The van der Waals surface area contributed by atoms with Crippen molar-refractivity contribution in [2.24, 2.45) is 0 Å². The molecule has 0 aliphatic rings. The Morgan fingerprint density at radius 1 is 1.07 bits per heavy atom. The standard InChI is InChI=1S/C12H6ClF2/c13-10-6-3-5-9(12(10)15)8-4-1-2-7-11(8)14/h1,3-7H. The Balaban J connectivity index is 2.65. The van der Waals surface area contributed by atoms with E-state index in [1.165, 1.54) is 24.3 Å². The Hall–Kier alpha value is -1.41.